The fourth-order valence-corrected chi connectivity index (χ4v) is 9.90. The molecule has 43 heavy (non-hydrogen) atoms. The van der Waals surface area contributed by atoms with Crippen molar-refractivity contribution in [2.45, 2.75) is 67.9 Å². The van der Waals surface area contributed by atoms with Gasteiger partial charge in [-0.25, -0.2) is 0 Å². The predicted molar refractivity (Wildman–Crippen MR) is 173 cm³/mol. The van der Waals surface area contributed by atoms with Crippen LogP contribution in [0.5, 0.6) is 0 Å². The number of esters is 1. The maximum Gasteiger partial charge on any atom is 0.310 e. The van der Waals surface area contributed by atoms with Crippen LogP contribution >= 0.6 is 11.8 Å². The van der Waals surface area contributed by atoms with E-state index in [4.69, 9.17) is 4.74 Å². The van der Waals surface area contributed by atoms with Crippen molar-refractivity contribution >= 4 is 46.0 Å². The van der Waals surface area contributed by atoms with Gasteiger partial charge in [-0.1, -0.05) is 62.2 Å². The number of benzene rings is 2. The van der Waals surface area contributed by atoms with E-state index in [0.29, 0.717) is 32.5 Å². The van der Waals surface area contributed by atoms with Crippen LogP contribution in [0.3, 0.4) is 0 Å². The highest BCUT2D eigenvalue weighted by molar-refractivity contribution is 8.02. The number of carbonyl (C=O) groups excluding carboxylic acids is 3. The van der Waals surface area contributed by atoms with Crippen molar-refractivity contribution in [3.63, 3.8) is 0 Å². The van der Waals surface area contributed by atoms with Crippen LogP contribution in [0.25, 0.3) is 10.8 Å². The summed E-state index contributed by atoms with van der Waals surface area (Å²) in [6, 6.07) is 13.4. The van der Waals surface area contributed by atoms with Crippen molar-refractivity contribution < 1.29 is 24.2 Å². The highest BCUT2D eigenvalue weighted by atomic mass is 32.2. The minimum absolute atomic E-state index is 0.0496. The zero-order valence-corrected chi connectivity index (χ0v) is 26.0. The van der Waals surface area contributed by atoms with Crippen LogP contribution in [0, 0.1) is 17.8 Å². The summed E-state index contributed by atoms with van der Waals surface area (Å²) in [6.07, 6.45) is 8.91. The Morgan fingerprint density at radius 3 is 2.60 bits per heavy atom. The van der Waals surface area contributed by atoms with Crippen LogP contribution in [0.1, 0.15) is 51.9 Å². The molecule has 0 aromatic heterocycles. The van der Waals surface area contributed by atoms with Crippen molar-refractivity contribution in [3.8, 4) is 0 Å². The summed E-state index contributed by atoms with van der Waals surface area (Å²) in [5.41, 5.74) is 0.766. The molecule has 3 fully saturated rings. The van der Waals surface area contributed by atoms with E-state index in [-0.39, 0.29) is 35.6 Å². The molecular formula is C35H44N2O5S. The minimum Gasteiger partial charge on any atom is -0.465 e. The average molecular weight is 605 g/mol. The van der Waals surface area contributed by atoms with E-state index in [1.165, 1.54) is 0 Å². The molecule has 0 saturated carbocycles. The number of hydrogen-bond donors (Lipinski definition) is 1. The SMILES string of the molecule is C=CCCCOC(=O)[C@@H]1[C@@H]2CC(C)C3(S2)C(C(=O)N(CC=C)c2ccc4ccccc4c2)N(CCCCCCO)C(=O)[C@H]13. The highest BCUT2D eigenvalue weighted by Crippen LogP contribution is 2.68. The van der Waals surface area contributed by atoms with Gasteiger partial charge in [0, 0.05) is 30.6 Å². The molecule has 1 spiro atoms. The Labute approximate surface area is 259 Å². The number of likely N-dealkylation sites (tertiary alicyclic amines) is 1. The molecule has 3 saturated heterocycles. The molecular weight excluding hydrogens is 560 g/mol. The summed E-state index contributed by atoms with van der Waals surface area (Å²) in [6.45, 7) is 11.0. The number of aliphatic hydroxyl groups excluding tert-OH is 1. The van der Waals surface area contributed by atoms with E-state index in [1.54, 1.807) is 33.7 Å². The molecule has 3 aliphatic rings. The molecule has 1 N–H and O–H groups in total. The van der Waals surface area contributed by atoms with Crippen LogP contribution in [-0.2, 0) is 19.1 Å². The normalized spacial score (nSPS) is 27.3. The number of rotatable bonds is 15. The number of aliphatic hydroxyl groups is 1. The summed E-state index contributed by atoms with van der Waals surface area (Å²) in [5.74, 6) is -1.61. The van der Waals surface area contributed by atoms with Gasteiger partial charge in [-0.05, 0) is 60.9 Å². The molecule has 5 rings (SSSR count). The van der Waals surface area contributed by atoms with Gasteiger partial charge < -0.3 is 19.6 Å². The lowest BCUT2D eigenvalue weighted by atomic mass is 9.66. The second-order valence-electron chi connectivity index (χ2n) is 12.1. The molecule has 2 bridgehead atoms. The minimum atomic E-state index is -0.703. The van der Waals surface area contributed by atoms with Crippen LogP contribution in [-0.4, -0.2) is 70.1 Å². The molecule has 6 atom stereocenters. The lowest BCUT2D eigenvalue weighted by Gasteiger charge is -2.40. The van der Waals surface area contributed by atoms with Gasteiger partial charge in [0.05, 0.1) is 23.2 Å². The van der Waals surface area contributed by atoms with Gasteiger partial charge in [0.1, 0.15) is 6.04 Å². The van der Waals surface area contributed by atoms with E-state index < -0.39 is 22.6 Å². The van der Waals surface area contributed by atoms with Crippen molar-refractivity contribution in [2.75, 3.05) is 31.2 Å². The van der Waals surface area contributed by atoms with E-state index in [9.17, 15) is 19.5 Å². The predicted octanol–water partition coefficient (Wildman–Crippen LogP) is 5.76. The number of thioether (sulfide) groups is 1. The van der Waals surface area contributed by atoms with Crippen LogP contribution in [0.2, 0.25) is 0 Å². The Kier molecular flexibility index (Phi) is 9.97. The fraction of sp³-hybridized carbons (Fsp3) is 0.514. The van der Waals surface area contributed by atoms with E-state index >= 15 is 0 Å². The number of amides is 2. The van der Waals surface area contributed by atoms with Crippen molar-refractivity contribution in [1.82, 2.24) is 4.90 Å². The highest BCUT2D eigenvalue weighted by Gasteiger charge is 2.76. The topological polar surface area (TPSA) is 87.2 Å². The number of anilines is 1. The zero-order chi connectivity index (χ0) is 30.6. The van der Waals surface area contributed by atoms with Gasteiger partial charge in [0.2, 0.25) is 5.91 Å². The lowest BCUT2D eigenvalue weighted by molar-refractivity contribution is -0.154. The van der Waals surface area contributed by atoms with Gasteiger partial charge >= 0.3 is 5.97 Å². The standard InChI is InChI=1S/C35H44N2O5S/c1-4-6-13-21-42-34(41)29-28-22-24(3)35(43-28)30(29)32(39)37(19-11-7-8-12-20-38)31(35)33(40)36(18-5-2)27-17-16-25-14-9-10-15-26(25)23-27/h4-5,9-10,14-17,23-24,28-31,38H,1-2,6-8,11-13,18-22H2,3H3/t24?,28-,29+,30-,31?,35?/m0/s1. The molecule has 3 aliphatic heterocycles. The second-order valence-corrected chi connectivity index (χ2v) is 13.6. The van der Waals surface area contributed by atoms with E-state index in [2.05, 4.69) is 20.1 Å². The molecule has 230 valence electrons. The second kappa shape index (κ2) is 13.7. The first-order valence-electron chi connectivity index (χ1n) is 15.7. The summed E-state index contributed by atoms with van der Waals surface area (Å²) in [5, 5.41) is 11.3. The molecule has 0 aliphatic carbocycles. The van der Waals surface area contributed by atoms with E-state index in [0.717, 1.165) is 48.6 Å². The van der Waals surface area contributed by atoms with Crippen LogP contribution in [0.4, 0.5) is 5.69 Å². The largest absolute Gasteiger partial charge is 0.465 e. The number of allylic oxidation sites excluding steroid dienone is 1. The Hall–Kier alpha value is -3.10. The van der Waals surface area contributed by atoms with Crippen LogP contribution < -0.4 is 4.90 Å². The fourth-order valence-electron chi connectivity index (χ4n) is 7.50. The summed E-state index contributed by atoms with van der Waals surface area (Å²) in [7, 11) is 0. The number of hydrogen-bond acceptors (Lipinski definition) is 6. The summed E-state index contributed by atoms with van der Waals surface area (Å²) in [4.78, 5) is 46.3. The quantitative estimate of drug-likeness (QED) is 0.158. The van der Waals surface area contributed by atoms with Gasteiger partial charge in [0.25, 0.3) is 5.91 Å². The Bertz CT molecular complexity index is 1360. The first-order chi connectivity index (χ1) is 20.9. The molecule has 0 radical (unpaired) electrons. The van der Waals surface area contributed by atoms with Gasteiger partial charge in [0.15, 0.2) is 0 Å². The van der Waals surface area contributed by atoms with Gasteiger partial charge in [-0.15, -0.1) is 24.9 Å². The van der Waals surface area contributed by atoms with Gasteiger partial charge in [-0.3, -0.25) is 14.4 Å². The number of ether oxygens (including phenoxy) is 1. The van der Waals surface area contributed by atoms with Crippen molar-refractivity contribution in [3.05, 3.63) is 67.8 Å². The third kappa shape index (κ3) is 5.76. The first-order valence-corrected chi connectivity index (χ1v) is 16.5. The van der Waals surface area contributed by atoms with Gasteiger partial charge in [-0.2, -0.15) is 0 Å². The monoisotopic (exact) mass is 604 g/mol. The Balaban J connectivity index is 1.50. The zero-order valence-electron chi connectivity index (χ0n) is 25.2. The molecule has 8 heteroatoms. The first kappa shape index (κ1) is 31.3. The average Bonchev–Trinajstić information content (AvgIpc) is 3.61. The lowest BCUT2D eigenvalue weighted by Crippen LogP contribution is -2.57. The summed E-state index contributed by atoms with van der Waals surface area (Å²) < 4.78 is 5.02. The van der Waals surface area contributed by atoms with Crippen molar-refractivity contribution in [2.24, 2.45) is 17.8 Å². The number of unbranched alkanes of at least 4 members (excludes halogenated alkanes) is 4. The molecule has 3 heterocycles. The molecule has 2 aromatic rings. The number of fused-ring (bicyclic) bond motifs is 2. The molecule has 2 amide bonds. The Morgan fingerprint density at radius 1 is 1.09 bits per heavy atom. The molecule has 2 aromatic carbocycles. The molecule has 3 unspecified atom stereocenters. The van der Waals surface area contributed by atoms with Crippen LogP contribution in [0.15, 0.2) is 67.8 Å². The van der Waals surface area contributed by atoms with Crippen molar-refractivity contribution in [1.29, 1.82) is 0 Å². The third-order valence-corrected chi connectivity index (χ3v) is 11.6. The molecule has 7 nitrogen and oxygen atoms in total. The maximum absolute atomic E-state index is 14.9. The smallest absolute Gasteiger partial charge is 0.310 e. The maximum atomic E-state index is 14.9. The number of carbonyl (C=O) groups is 3. The number of nitrogens with zero attached hydrogens (tertiary/aromatic N) is 2. The third-order valence-electron chi connectivity index (χ3n) is 9.48. The summed E-state index contributed by atoms with van der Waals surface area (Å²) >= 11 is 1.68. The van der Waals surface area contributed by atoms with E-state index in [1.807, 2.05) is 42.5 Å². The Morgan fingerprint density at radius 2 is 1.86 bits per heavy atom.